The normalized spacial score (nSPS) is 11.4. The van der Waals surface area contributed by atoms with Crippen LogP contribution in [0.1, 0.15) is 6.42 Å². The fourth-order valence-corrected chi connectivity index (χ4v) is 2.65. The highest BCUT2D eigenvalue weighted by molar-refractivity contribution is 5.88. The second kappa shape index (κ2) is 5.93. The number of fused-ring (bicyclic) bond motifs is 3. The SMILES string of the molecule is Cn1cc2nc(NCCCN)nc-2c2oc(-c3ccccc3)nc21. The van der Waals surface area contributed by atoms with Crippen LogP contribution >= 0.6 is 0 Å². The van der Waals surface area contributed by atoms with Crippen LogP contribution < -0.4 is 11.1 Å². The van der Waals surface area contributed by atoms with Gasteiger partial charge in [-0.25, -0.2) is 9.97 Å². The van der Waals surface area contributed by atoms with Crippen LogP contribution in [0.2, 0.25) is 0 Å². The highest BCUT2D eigenvalue weighted by atomic mass is 16.3. The molecular weight excluding hydrogens is 304 g/mol. The fraction of sp³-hybridized carbons (Fsp3) is 0.235. The molecule has 0 saturated heterocycles. The van der Waals surface area contributed by atoms with Crippen LogP contribution in [0.5, 0.6) is 0 Å². The van der Waals surface area contributed by atoms with E-state index < -0.39 is 0 Å². The molecule has 3 N–H and O–H groups in total. The van der Waals surface area contributed by atoms with Crippen molar-refractivity contribution >= 4 is 17.2 Å². The monoisotopic (exact) mass is 322 g/mol. The van der Waals surface area contributed by atoms with E-state index in [1.807, 2.05) is 48.1 Å². The number of imidazole rings is 1. The minimum atomic E-state index is 0.578. The van der Waals surface area contributed by atoms with Crippen molar-refractivity contribution in [3.63, 3.8) is 0 Å². The number of nitrogens with zero attached hydrogens (tertiary/aromatic N) is 4. The Bertz CT molecular complexity index is 943. The van der Waals surface area contributed by atoms with E-state index in [0.717, 1.165) is 29.9 Å². The van der Waals surface area contributed by atoms with E-state index in [2.05, 4.69) is 20.3 Å². The summed E-state index contributed by atoms with van der Waals surface area (Å²) in [6, 6.07) is 9.83. The predicted octanol–water partition coefficient (Wildman–Crippen LogP) is 2.49. The van der Waals surface area contributed by atoms with Gasteiger partial charge in [0.15, 0.2) is 11.2 Å². The van der Waals surface area contributed by atoms with Gasteiger partial charge >= 0.3 is 0 Å². The van der Waals surface area contributed by atoms with Gasteiger partial charge in [0.05, 0.1) is 0 Å². The molecule has 0 saturated carbocycles. The highest BCUT2D eigenvalue weighted by Crippen LogP contribution is 2.33. The molecule has 0 spiro atoms. The topological polar surface area (TPSA) is 94.8 Å². The Morgan fingerprint density at radius 1 is 1.17 bits per heavy atom. The smallest absolute Gasteiger partial charge is 0.228 e. The van der Waals surface area contributed by atoms with E-state index in [9.17, 15) is 0 Å². The van der Waals surface area contributed by atoms with Crippen LogP contribution in [0.15, 0.2) is 40.9 Å². The van der Waals surface area contributed by atoms with Gasteiger partial charge in [0.25, 0.3) is 0 Å². The lowest BCUT2D eigenvalue weighted by atomic mass is 10.2. The summed E-state index contributed by atoms with van der Waals surface area (Å²) in [5.41, 5.74) is 9.33. The van der Waals surface area contributed by atoms with Gasteiger partial charge in [-0.3, -0.25) is 0 Å². The maximum Gasteiger partial charge on any atom is 0.228 e. The number of hydrogen-bond donors (Lipinski definition) is 2. The number of aromatic nitrogens is 4. The van der Waals surface area contributed by atoms with Crippen LogP contribution in [0.25, 0.3) is 34.1 Å². The van der Waals surface area contributed by atoms with Gasteiger partial charge < -0.3 is 20.0 Å². The molecule has 7 nitrogen and oxygen atoms in total. The predicted molar refractivity (Wildman–Crippen MR) is 92.8 cm³/mol. The molecule has 1 aromatic heterocycles. The van der Waals surface area contributed by atoms with Crippen molar-refractivity contribution in [2.45, 2.75) is 6.42 Å². The number of benzene rings is 1. The molecule has 0 radical (unpaired) electrons. The molecule has 0 bridgehead atoms. The lowest BCUT2D eigenvalue weighted by Gasteiger charge is -2.01. The lowest BCUT2D eigenvalue weighted by molar-refractivity contribution is 0.619. The number of rotatable bonds is 5. The summed E-state index contributed by atoms with van der Waals surface area (Å²) in [7, 11) is 1.93. The molecule has 3 heterocycles. The van der Waals surface area contributed by atoms with Crippen molar-refractivity contribution in [3.05, 3.63) is 36.5 Å². The summed E-state index contributed by atoms with van der Waals surface area (Å²) in [5, 5.41) is 3.18. The van der Waals surface area contributed by atoms with Crippen molar-refractivity contribution < 1.29 is 4.42 Å². The Kier molecular flexibility index (Phi) is 3.62. The first-order valence-corrected chi connectivity index (χ1v) is 7.89. The molecule has 122 valence electrons. The minimum Gasteiger partial charge on any atom is -0.432 e. The van der Waals surface area contributed by atoms with E-state index in [1.165, 1.54) is 0 Å². The number of aryl methyl sites for hydroxylation is 1. The van der Waals surface area contributed by atoms with Crippen LogP contribution in [0.4, 0.5) is 5.95 Å². The standard InChI is InChI=1S/C17H18N6O/c1-23-10-12-13(21-17(20-12)19-9-5-8-18)14-15(23)22-16(24-14)11-6-3-2-4-7-11/h2-4,6-7,10H,5,8-9,18H2,1H3,(H,19,20). The molecule has 2 aliphatic rings. The number of hydrogen-bond acceptors (Lipinski definition) is 6. The van der Waals surface area contributed by atoms with E-state index in [1.54, 1.807) is 0 Å². The zero-order valence-electron chi connectivity index (χ0n) is 13.4. The molecule has 4 rings (SSSR count). The third-order valence-corrected chi connectivity index (χ3v) is 3.85. The van der Waals surface area contributed by atoms with Crippen molar-refractivity contribution in [1.82, 2.24) is 19.5 Å². The van der Waals surface area contributed by atoms with Crippen molar-refractivity contribution in [3.8, 4) is 22.8 Å². The maximum absolute atomic E-state index is 6.00. The van der Waals surface area contributed by atoms with Crippen LogP contribution in [-0.2, 0) is 7.05 Å². The average Bonchev–Trinajstić information content (AvgIpc) is 3.20. The van der Waals surface area contributed by atoms with Gasteiger partial charge in [-0.1, -0.05) is 18.2 Å². The third kappa shape index (κ3) is 2.48. The van der Waals surface area contributed by atoms with Crippen LogP contribution in [0.3, 0.4) is 0 Å². The maximum atomic E-state index is 6.00. The number of pyridine rings is 1. The molecule has 0 unspecified atom stereocenters. The van der Waals surface area contributed by atoms with Gasteiger partial charge in [-0.05, 0) is 25.1 Å². The third-order valence-electron chi connectivity index (χ3n) is 3.85. The second-order valence-corrected chi connectivity index (χ2v) is 5.63. The van der Waals surface area contributed by atoms with Gasteiger partial charge in [-0.2, -0.15) is 4.98 Å². The number of nitrogens with two attached hydrogens (primary N) is 1. The summed E-state index contributed by atoms with van der Waals surface area (Å²) in [5.74, 6) is 1.16. The first-order valence-electron chi connectivity index (χ1n) is 7.89. The summed E-state index contributed by atoms with van der Waals surface area (Å²) < 4.78 is 7.91. The number of oxazole rings is 1. The van der Waals surface area contributed by atoms with Crippen LogP contribution in [0, 0.1) is 0 Å². The molecule has 7 heteroatoms. The molecule has 2 aliphatic heterocycles. The molecule has 0 amide bonds. The van der Waals surface area contributed by atoms with E-state index in [4.69, 9.17) is 10.2 Å². The number of nitrogens with one attached hydrogen (secondary N) is 1. The zero-order valence-corrected chi connectivity index (χ0v) is 13.4. The first-order chi connectivity index (χ1) is 11.8. The zero-order chi connectivity index (χ0) is 16.5. The summed E-state index contributed by atoms with van der Waals surface area (Å²) >= 11 is 0. The quantitative estimate of drug-likeness (QED) is 0.548. The number of anilines is 1. The highest BCUT2D eigenvalue weighted by Gasteiger charge is 2.21. The van der Waals surface area contributed by atoms with Gasteiger partial charge in [0, 0.05) is 25.4 Å². The van der Waals surface area contributed by atoms with Gasteiger partial charge in [0.2, 0.25) is 11.8 Å². The fourth-order valence-electron chi connectivity index (χ4n) is 2.65. The Balaban J connectivity index is 1.80. The molecule has 1 aromatic carbocycles. The van der Waals surface area contributed by atoms with E-state index in [-0.39, 0.29) is 0 Å². The van der Waals surface area contributed by atoms with Gasteiger partial charge in [-0.15, -0.1) is 0 Å². The molecule has 2 aromatic rings. The first kappa shape index (κ1) is 14.6. The second-order valence-electron chi connectivity index (χ2n) is 5.63. The van der Waals surface area contributed by atoms with Crippen molar-refractivity contribution in [2.75, 3.05) is 18.4 Å². The molecular formula is C17H18N6O. The average molecular weight is 322 g/mol. The van der Waals surface area contributed by atoms with Crippen molar-refractivity contribution in [1.29, 1.82) is 0 Å². The summed E-state index contributed by atoms with van der Waals surface area (Å²) in [4.78, 5) is 13.7. The Morgan fingerprint density at radius 2 is 2.00 bits per heavy atom. The van der Waals surface area contributed by atoms with Gasteiger partial charge in [0.1, 0.15) is 11.4 Å². The Hall–Kier alpha value is -2.93. The van der Waals surface area contributed by atoms with E-state index >= 15 is 0 Å². The van der Waals surface area contributed by atoms with Crippen molar-refractivity contribution in [2.24, 2.45) is 12.8 Å². The molecule has 24 heavy (non-hydrogen) atoms. The molecule has 0 aliphatic carbocycles. The van der Waals surface area contributed by atoms with E-state index in [0.29, 0.717) is 29.7 Å². The lowest BCUT2D eigenvalue weighted by Crippen LogP contribution is -2.08. The summed E-state index contributed by atoms with van der Waals surface area (Å²) in [6.45, 7) is 1.38. The molecule has 0 atom stereocenters. The Labute approximate surface area is 138 Å². The van der Waals surface area contributed by atoms with Crippen LogP contribution in [-0.4, -0.2) is 32.6 Å². The minimum absolute atomic E-state index is 0.578. The molecule has 0 fully saturated rings. The summed E-state index contributed by atoms with van der Waals surface area (Å²) in [6.07, 6.45) is 2.78. The Morgan fingerprint density at radius 3 is 2.79 bits per heavy atom. The largest absolute Gasteiger partial charge is 0.432 e.